The minimum atomic E-state index is -0.0647. The lowest BCUT2D eigenvalue weighted by molar-refractivity contribution is -0.132. The summed E-state index contributed by atoms with van der Waals surface area (Å²) in [5, 5.41) is 4.09. The number of likely N-dealkylation sites (tertiary alicyclic amines) is 1. The Bertz CT molecular complexity index is 665. The van der Waals surface area contributed by atoms with Gasteiger partial charge in [0.05, 0.1) is 0 Å². The van der Waals surface area contributed by atoms with Crippen molar-refractivity contribution in [3.05, 3.63) is 35.7 Å². The Balaban J connectivity index is 1.82. The quantitative estimate of drug-likeness (QED) is 0.867. The molecule has 2 heterocycles. The molecule has 2 aromatic rings. The highest BCUT2D eigenvalue weighted by molar-refractivity contribution is 5.76. The standard InChI is InChI=1S/C17H21N3O2/c1-3-6-15(21)20-10-5-9-14(20)17-18-16(19-22-17)13-8-4-7-12(2)11-13/h4,7-8,11,14H,3,5-6,9-10H2,1-2H3. The number of aryl methyl sites for hydroxylation is 1. The maximum atomic E-state index is 12.2. The van der Waals surface area contributed by atoms with Crippen LogP contribution in [0.2, 0.25) is 0 Å². The summed E-state index contributed by atoms with van der Waals surface area (Å²) in [6.07, 6.45) is 3.32. The van der Waals surface area contributed by atoms with E-state index in [0.717, 1.165) is 36.9 Å². The van der Waals surface area contributed by atoms with Crippen LogP contribution < -0.4 is 0 Å². The fourth-order valence-corrected chi connectivity index (χ4v) is 2.95. The van der Waals surface area contributed by atoms with Crippen LogP contribution in [0, 0.1) is 6.92 Å². The first-order chi connectivity index (χ1) is 10.7. The molecule has 3 rings (SSSR count). The van der Waals surface area contributed by atoms with E-state index in [1.165, 1.54) is 0 Å². The number of aromatic nitrogens is 2. The van der Waals surface area contributed by atoms with Crippen LogP contribution in [0.3, 0.4) is 0 Å². The zero-order valence-corrected chi connectivity index (χ0v) is 13.1. The first-order valence-electron chi connectivity index (χ1n) is 7.89. The average Bonchev–Trinajstić information content (AvgIpc) is 3.16. The molecule has 1 saturated heterocycles. The van der Waals surface area contributed by atoms with E-state index in [1.54, 1.807) is 0 Å². The third-order valence-corrected chi connectivity index (χ3v) is 4.04. The van der Waals surface area contributed by atoms with E-state index in [2.05, 4.69) is 10.1 Å². The Morgan fingerprint density at radius 2 is 2.32 bits per heavy atom. The SMILES string of the molecule is CCCC(=O)N1CCCC1c1nc(-c2cccc(C)c2)no1. The van der Waals surface area contributed by atoms with Crippen molar-refractivity contribution in [3.8, 4) is 11.4 Å². The highest BCUT2D eigenvalue weighted by Crippen LogP contribution is 2.32. The summed E-state index contributed by atoms with van der Waals surface area (Å²) in [5.74, 6) is 1.33. The van der Waals surface area contributed by atoms with Crippen LogP contribution in [-0.2, 0) is 4.79 Å². The second-order valence-electron chi connectivity index (χ2n) is 5.82. The summed E-state index contributed by atoms with van der Waals surface area (Å²) in [6, 6.07) is 7.95. The monoisotopic (exact) mass is 299 g/mol. The van der Waals surface area contributed by atoms with Crippen LogP contribution >= 0.6 is 0 Å². The van der Waals surface area contributed by atoms with E-state index < -0.39 is 0 Å². The molecule has 1 aliphatic heterocycles. The summed E-state index contributed by atoms with van der Waals surface area (Å²) in [7, 11) is 0. The third kappa shape index (κ3) is 2.89. The molecule has 1 atom stereocenters. The Labute approximate surface area is 130 Å². The molecule has 1 aromatic carbocycles. The van der Waals surface area contributed by atoms with Gasteiger partial charge in [-0.05, 0) is 32.3 Å². The number of rotatable bonds is 4. The van der Waals surface area contributed by atoms with Gasteiger partial charge >= 0.3 is 0 Å². The van der Waals surface area contributed by atoms with Crippen LogP contribution in [0.4, 0.5) is 0 Å². The number of carbonyl (C=O) groups excluding carboxylic acids is 1. The van der Waals surface area contributed by atoms with E-state index in [1.807, 2.05) is 43.0 Å². The minimum absolute atomic E-state index is 0.0647. The van der Waals surface area contributed by atoms with Crippen molar-refractivity contribution < 1.29 is 9.32 Å². The summed E-state index contributed by atoms with van der Waals surface area (Å²) in [4.78, 5) is 18.6. The summed E-state index contributed by atoms with van der Waals surface area (Å²) in [5.41, 5.74) is 2.10. The third-order valence-electron chi connectivity index (χ3n) is 4.04. The second kappa shape index (κ2) is 6.30. The fraction of sp³-hybridized carbons (Fsp3) is 0.471. The number of hydrogen-bond acceptors (Lipinski definition) is 4. The molecule has 22 heavy (non-hydrogen) atoms. The van der Waals surface area contributed by atoms with E-state index in [0.29, 0.717) is 18.1 Å². The maximum Gasteiger partial charge on any atom is 0.249 e. The molecule has 1 amide bonds. The number of benzene rings is 1. The van der Waals surface area contributed by atoms with Gasteiger partial charge in [-0.2, -0.15) is 4.98 Å². The first-order valence-corrected chi connectivity index (χ1v) is 7.89. The Morgan fingerprint density at radius 1 is 1.45 bits per heavy atom. The molecule has 0 N–H and O–H groups in total. The van der Waals surface area contributed by atoms with Crippen molar-refractivity contribution in [1.82, 2.24) is 15.0 Å². The minimum Gasteiger partial charge on any atom is -0.337 e. The van der Waals surface area contributed by atoms with Gasteiger partial charge in [-0.25, -0.2) is 0 Å². The number of carbonyl (C=O) groups is 1. The van der Waals surface area contributed by atoms with E-state index in [4.69, 9.17) is 4.52 Å². The van der Waals surface area contributed by atoms with Crippen LogP contribution in [0.1, 0.15) is 50.1 Å². The average molecular weight is 299 g/mol. The van der Waals surface area contributed by atoms with Crippen molar-refractivity contribution in [2.24, 2.45) is 0 Å². The molecule has 0 radical (unpaired) electrons. The Morgan fingerprint density at radius 3 is 3.09 bits per heavy atom. The molecule has 0 aliphatic carbocycles. The number of amides is 1. The number of hydrogen-bond donors (Lipinski definition) is 0. The molecule has 1 aliphatic rings. The summed E-state index contributed by atoms with van der Waals surface area (Å²) >= 11 is 0. The largest absolute Gasteiger partial charge is 0.337 e. The van der Waals surface area contributed by atoms with Gasteiger partial charge < -0.3 is 9.42 Å². The van der Waals surface area contributed by atoms with Gasteiger partial charge in [-0.15, -0.1) is 0 Å². The van der Waals surface area contributed by atoms with Crippen molar-refractivity contribution in [2.75, 3.05) is 6.54 Å². The van der Waals surface area contributed by atoms with Crippen LogP contribution in [-0.4, -0.2) is 27.5 Å². The van der Waals surface area contributed by atoms with Gasteiger partial charge in [0.2, 0.25) is 17.6 Å². The van der Waals surface area contributed by atoms with Gasteiger partial charge in [0.25, 0.3) is 0 Å². The highest BCUT2D eigenvalue weighted by atomic mass is 16.5. The molecular weight excluding hydrogens is 278 g/mol. The number of nitrogens with zero attached hydrogens (tertiary/aromatic N) is 3. The smallest absolute Gasteiger partial charge is 0.249 e. The Hall–Kier alpha value is -2.17. The molecule has 5 nitrogen and oxygen atoms in total. The van der Waals surface area contributed by atoms with Gasteiger partial charge in [-0.3, -0.25) is 4.79 Å². The van der Waals surface area contributed by atoms with E-state index in [9.17, 15) is 4.79 Å². The predicted molar refractivity (Wildman–Crippen MR) is 83.1 cm³/mol. The predicted octanol–water partition coefficient (Wildman–Crippen LogP) is 3.51. The normalized spacial score (nSPS) is 17.9. The van der Waals surface area contributed by atoms with Gasteiger partial charge in [0.1, 0.15) is 6.04 Å². The van der Waals surface area contributed by atoms with Gasteiger partial charge in [0.15, 0.2) is 0 Å². The van der Waals surface area contributed by atoms with Crippen molar-refractivity contribution >= 4 is 5.91 Å². The molecule has 116 valence electrons. The second-order valence-corrected chi connectivity index (χ2v) is 5.82. The van der Waals surface area contributed by atoms with Crippen molar-refractivity contribution in [3.63, 3.8) is 0 Å². The zero-order valence-electron chi connectivity index (χ0n) is 13.1. The van der Waals surface area contributed by atoms with E-state index in [-0.39, 0.29) is 11.9 Å². The zero-order chi connectivity index (χ0) is 15.5. The van der Waals surface area contributed by atoms with E-state index >= 15 is 0 Å². The lowest BCUT2D eigenvalue weighted by Gasteiger charge is -2.21. The van der Waals surface area contributed by atoms with Gasteiger partial charge in [-0.1, -0.05) is 35.8 Å². The van der Waals surface area contributed by atoms with Crippen molar-refractivity contribution in [2.45, 2.75) is 45.6 Å². The van der Waals surface area contributed by atoms with Crippen LogP contribution in [0.5, 0.6) is 0 Å². The first kappa shape index (κ1) is 14.8. The van der Waals surface area contributed by atoms with Gasteiger partial charge in [0, 0.05) is 18.5 Å². The van der Waals surface area contributed by atoms with Crippen LogP contribution in [0.15, 0.2) is 28.8 Å². The van der Waals surface area contributed by atoms with Crippen molar-refractivity contribution in [1.29, 1.82) is 0 Å². The molecule has 0 spiro atoms. The lowest BCUT2D eigenvalue weighted by Crippen LogP contribution is -2.30. The van der Waals surface area contributed by atoms with Crippen LogP contribution in [0.25, 0.3) is 11.4 Å². The molecule has 1 fully saturated rings. The molecule has 1 aromatic heterocycles. The topological polar surface area (TPSA) is 59.2 Å². The molecule has 5 heteroatoms. The molecule has 1 unspecified atom stereocenters. The molecule has 0 saturated carbocycles. The molecule has 0 bridgehead atoms. The highest BCUT2D eigenvalue weighted by Gasteiger charge is 2.33. The lowest BCUT2D eigenvalue weighted by atomic mass is 10.1. The fourth-order valence-electron chi connectivity index (χ4n) is 2.95. The summed E-state index contributed by atoms with van der Waals surface area (Å²) in [6.45, 7) is 4.84. The Kier molecular flexibility index (Phi) is 4.22. The molecular formula is C17H21N3O2. The summed E-state index contributed by atoms with van der Waals surface area (Å²) < 4.78 is 5.45. The maximum absolute atomic E-state index is 12.2.